The number of piperidine rings is 1. The van der Waals surface area contributed by atoms with Gasteiger partial charge in [-0.05, 0) is 37.8 Å². The molecule has 3 atom stereocenters. The highest BCUT2D eigenvalue weighted by atomic mass is 32.2. The molecule has 1 amide bonds. The van der Waals surface area contributed by atoms with E-state index >= 15 is 0 Å². The van der Waals surface area contributed by atoms with Gasteiger partial charge in [-0.2, -0.15) is 14.7 Å². The smallest absolute Gasteiger partial charge is 0.272 e. The molecule has 1 aromatic carbocycles. The second-order valence-corrected chi connectivity index (χ2v) is 12.8. The number of rotatable bonds is 5. The number of nitrogens with zero attached hydrogens (tertiary/aromatic N) is 6. The van der Waals surface area contributed by atoms with Crippen LogP contribution in [-0.2, 0) is 9.84 Å². The Morgan fingerprint density at radius 1 is 1.00 bits per heavy atom. The van der Waals surface area contributed by atoms with Gasteiger partial charge in [0.15, 0.2) is 15.5 Å². The van der Waals surface area contributed by atoms with Crippen LogP contribution in [0.2, 0.25) is 0 Å². The van der Waals surface area contributed by atoms with E-state index in [1.54, 1.807) is 24.7 Å². The Balaban J connectivity index is 1.29. The third-order valence-electron chi connectivity index (χ3n) is 8.26. The van der Waals surface area contributed by atoms with Crippen molar-refractivity contribution in [1.82, 2.24) is 34.7 Å². The highest BCUT2D eigenvalue weighted by molar-refractivity contribution is 7.91. The van der Waals surface area contributed by atoms with Crippen LogP contribution < -0.4 is 5.73 Å². The number of hydrogen-bond donors (Lipinski definition) is 2. The largest absolute Gasteiger partial charge is 0.382 e. The summed E-state index contributed by atoms with van der Waals surface area (Å²) in [6, 6.07) is 15.4. The molecule has 3 N–H and O–H groups in total. The standard InChI is InChI=1S/C29H28N8O3S/c1-41(39,40)26-25(19-13-20-8-9-21(14-19)36(20)29(38)24-11-12-32-35-24)34-28-22(16-33-37(28)27(26)30)18-7-10-23(31-15-18)17-5-3-2-4-6-17/h2-7,10-12,15-16,19-21H,8-9,13-14,30H2,1H3,(H,32,35)/t19-,20+,21-. The van der Waals surface area contributed by atoms with E-state index in [0.29, 0.717) is 35.4 Å². The number of nitrogens with one attached hydrogen (secondary N) is 1. The number of hydrogen-bond acceptors (Lipinski definition) is 8. The molecule has 41 heavy (non-hydrogen) atoms. The second kappa shape index (κ2) is 9.51. The lowest BCUT2D eigenvalue weighted by Gasteiger charge is -2.39. The molecule has 2 aliphatic heterocycles. The van der Waals surface area contributed by atoms with Crippen LogP contribution in [0.15, 0.2) is 72.0 Å². The van der Waals surface area contributed by atoms with Gasteiger partial charge in [-0.25, -0.2) is 13.4 Å². The lowest BCUT2D eigenvalue weighted by atomic mass is 9.87. The molecule has 5 aromatic rings. The van der Waals surface area contributed by atoms with Crippen LogP contribution in [0.25, 0.3) is 28.0 Å². The van der Waals surface area contributed by atoms with Crippen molar-refractivity contribution in [3.8, 4) is 22.4 Å². The fraction of sp³-hybridized carbons (Fsp3) is 0.276. The zero-order valence-corrected chi connectivity index (χ0v) is 23.1. The molecule has 0 saturated carbocycles. The van der Waals surface area contributed by atoms with Crippen molar-refractivity contribution in [1.29, 1.82) is 0 Å². The number of carbonyl (C=O) groups excluding carboxylic acids is 1. The average molecular weight is 569 g/mol. The average Bonchev–Trinajstić information content (AvgIpc) is 3.71. The highest BCUT2D eigenvalue weighted by Crippen LogP contribution is 2.45. The van der Waals surface area contributed by atoms with E-state index in [0.717, 1.165) is 35.9 Å². The number of pyridine rings is 1. The van der Waals surface area contributed by atoms with Crippen molar-refractivity contribution in [2.75, 3.05) is 12.0 Å². The Labute approximate surface area is 236 Å². The monoisotopic (exact) mass is 568 g/mol. The molecule has 0 radical (unpaired) electrons. The number of aromatic amines is 1. The summed E-state index contributed by atoms with van der Waals surface area (Å²) in [7, 11) is -3.73. The number of anilines is 1. The van der Waals surface area contributed by atoms with Crippen LogP contribution in [0, 0.1) is 0 Å². The first kappa shape index (κ1) is 25.4. The molecule has 0 aliphatic carbocycles. The van der Waals surface area contributed by atoms with E-state index in [4.69, 9.17) is 10.7 Å². The first-order valence-corrected chi connectivity index (χ1v) is 15.4. The first-order chi connectivity index (χ1) is 19.8. The molecule has 2 saturated heterocycles. The Morgan fingerprint density at radius 2 is 1.76 bits per heavy atom. The third kappa shape index (κ3) is 4.26. The normalized spacial score (nSPS) is 20.5. The van der Waals surface area contributed by atoms with Gasteiger partial charge in [0.05, 0.1) is 17.6 Å². The van der Waals surface area contributed by atoms with E-state index in [1.165, 1.54) is 4.52 Å². The van der Waals surface area contributed by atoms with Crippen molar-refractivity contribution >= 4 is 27.2 Å². The summed E-state index contributed by atoms with van der Waals surface area (Å²) < 4.78 is 27.5. The minimum absolute atomic E-state index is 0.00921. The number of fused-ring (bicyclic) bond motifs is 3. The van der Waals surface area contributed by atoms with Crippen LogP contribution in [0.4, 0.5) is 5.82 Å². The lowest BCUT2D eigenvalue weighted by Crippen LogP contribution is -2.46. The summed E-state index contributed by atoms with van der Waals surface area (Å²) in [6.07, 6.45) is 9.02. The highest BCUT2D eigenvalue weighted by Gasteiger charge is 2.45. The van der Waals surface area contributed by atoms with Crippen molar-refractivity contribution in [2.45, 2.75) is 48.6 Å². The van der Waals surface area contributed by atoms with Gasteiger partial charge < -0.3 is 10.6 Å². The predicted octanol–water partition coefficient (Wildman–Crippen LogP) is 3.72. The Hall–Kier alpha value is -4.58. The molecule has 2 fully saturated rings. The molecule has 7 rings (SSSR count). The number of carbonyl (C=O) groups is 1. The molecule has 0 spiro atoms. The SMILES string of the molecule is CS(=O)(=O)c1c([C@H]2C[C@H]3CC[C@@H](C2)N3C(=O)c2ccn[nH]2)nc2c(-c3ccc(-c4ccccc4)nc3)cnn2c1N. The first-order valence-electron chi connectivity index (χ1n) is 13.5. The summed E-state index contributed by atoms with van der Waals surface area (Å²) in [6.45, 7) is 0. The van der Waals surface area contributed by atoms with Gasteiger partial charge in [0.25, 0.3) is 5.91 Å². The van der Waals surface area contributed by atoms with Crippen LogP contribution in [0.3, 0.4) is 0 Å². The summed E-state index contributed by atoms with van der Waals surface area (Å²) in [4.78, 5) is 24.7. The fourth-order valence-electron chi connectivity index (χ4n) is 6.46. The van der Waals surface area contributed by atoms with Crippen LogP contribution in [0.5, 0.6) is 0 Å². The minimum atomic E-state index is -3.73. The van der Waals surface area contributed by atoms with Crippen LogP contribution >= 0.6 is 0 Å². The van der Waals surface area contributed by atoms with Gasteiger partial charge in [0.2, 0.25) is 0 Å². The van der Waals surface area contributed by atoms with E-state index in [-0.39, 0.29) is 34.6 Å². The van der Waals surface area contributed by atoms with Gasteiger partial charge in [0, 0.05) is 53.3 Å². The molecule has 2 aliphatic rings. The fourth-order valence-corrected chi connectivity index (χ4v) is 7.52. The molecular formula is C29H28N8O3S. The van der Waals surface area contributed by atoms with Crippen molar-refractivity contribution in [3.63, 3.8) is 0 Å². The van der Waals surface area contributed by atoms with Gasteiger partial charge in [0.1, 0.15) is 16.4 Å². The predicted molar refractivity (Wildman–Crippen MR) is 153 cm³/mol. The number of sulfone groups is 1. The number of amides is 1. The molecule has 4 aromatic heterocycles. The maximum Gasteiger partial charge on any atom is 0.272 e. The van der Waals surface area contributed by atoms with Gasteiger partial charge in [-0.1, -0.05) is 36.4 Å². The maximum atomic E-state index is 13.2. The van der Waals surface area contributed by atoms with Crippen molar-refractivity contribution in [3.05, 3.63) is 78.5 Å². The van der Waals surface area contributed by atoms with Crippen LogP contribution in [-0.4, -0.2) is 67.3 Å². The minimum Gasteiger partial charge on any atom is -0.382 e. The van der Waals surface area contributed by atoms with E-state index in [2.05, 4.69) is 20.3 Å². The molecule has 6 heterocycles. The van der Waals surface area contributed by atoms with Gasteiger partial charge in [-0.3, -0.25) is 14.9 Å². The zero-order valence-electron chi connectivity index (χ0n) is 22.3. The number of nitrogen functional groups attached to an aromatic ring is 1. The van der Waals surface area contributed by atoms with Gasteiger partial charge in [-0.15, -0.1) is 0 Å². The Morgan fingerprint density at radius 3 is 2.39 bits per heavy atom. The molecule has 12 heteroatoms. The summed E-state index contributed by atoms with van der Waals surface area (Å²) in [5.41, 5.74) is 11.2. The number of aromatic nitrogens is 6. The molecule has 208 valence electrons. The zero-order chi connectivity index (χ0) is 28.3. The Bertz CT molecular complexity index is 1850. The molecule has 2 bridgehead atoms. The summed E-state index contributed by atoms with van der Waals surface area (Å²) >= 11 is 0. The van der Waals surface area contributed by atoms with E-state index < -0.39 is 9.84 Å². The van der Waals surface area contributed by atoms with Gasteiger partial charge >= 0.3 is 0 Å². The summed E-state index contributed by atoms with van der Waals surface area (Å²) in [5.74, 6) is -0.225. The van der Waals surface area contributed by atoms with Crippen molar-refractivity contribution in [2.24, 2.45) is 0 Å². The molecular weight excluding hydrogens is 540 g/mol. The quantitative estimate of drug-likeness (QED) is 0.325. The number of nitrogens with two attached hydrogens (primary N) is 1. The Kier molecular flexibility index (Phi) is 5.89. The topological polar surface area (TPSA) is 152 Å². The second-order valence-electron chi connectivity index (χ2n) is 10.8. The molecule has 11 nitrogen and oxygen atoms in total. The lowest BCUT2D eigenvalue weighted by molar-refractivity contribution is 0.0562. The number of H-pyrrole nitrogens is 1. The third-order valence-corrected chi connectivity index (χ3v) is 9.42. The number of benzene rings is 1. The summed E-state index contributed by atoms with van der Waals surface area (Å²) in [5, 5.41) is 11.1. The van der Waals surface area contributed by atoms with E-state index in [9.17, 15) is 13.2 Å². The van der Waals surface area contributed by atoms with Crippen LogP contribution in [0.1, 0.15) is 47.8 Å². The molecule has 0 unspecified atom stereocenters. The maximum absolute atomic E-state index is 13.2. The van der Waals surface area contributed by atoms with Crippen molar-refractivity contribution < 1.29 is 13.2 Å². The van der Waals surface area contributed by atoms with E-state index in [1.807, 2.05) is 47.4 Å².